The van der Waals surface area contributed by atoms with Gasteiger partial charge in [0.1, 0.15) is 6.33 Å². The van der Waals surface area contributed by atoms with E-state index in [1.165, 1.54) is 0 Å². The van der Waals surface area contributed by atoms with Crippen LogP contribution in [0.5, 0.6) is 0 Å². The first-order chi connectivity index (χ1) is 7.47. The molecule has 0 saturated carbocycles. The molecule has 2 aromatic rings. The summed E-state index contributed by atoms with van der Waals surface area (Å²) in [5, 5.41) is 5.14. The molecule has 0 bridgehead atoms. The van der Waals surface area contributed by atoms with E-state index in [2.05, 4.69) is 30.9 Å². The molecule has 0 aliphatic heterocycles. The van der Waals surface area contributed by atoms with Gasteiger partial charge in [-0.05, 0) is 18.2 Å². The molecule has 0 radical (unpaired) electrons. The van der Waals surface area contributed by atoms with E-state index < -0.39 is 0 Å². The van der Waals surface area contributed by atoms with Crippen molar-refractivity contribution in [3.63, 3.8) is 0 Å². The highest BCUT2D eigenvalue weighted by atomic mass is 35.5. The van der Waals surface area contributed by atoms with Gasteiger partial charge >= 0.3 is 0 Å². The van der Waals surface area contributed by atoms with E-state index in [-0.39, 0.29) is 5.41 Å². The summed E-state index contributed by atoms with van der Waals surface area (Å²) < 4.78 is 1.74. The Hall–Kier alpha value is -1.35. The summed E-state index contributed by atoms with van der Waals surface area (Å²) in [6.45, 7) is 6.26. The van der Waals surface area contributed by atoms with Crippen molar-refractivity contribution in [1.29, 1.82) is 0 Å². The third kappa shape index (κ3) is 2.25. The Kier molecular flexibility index (Phi) is 2.72. The maximum absolute atomic E-state index is 5.93. The number of halogens is 1. The molecule has 1 aromatic heterocycles. The van der Waals surface area contributed by atoms with Gasteiger partial charge in [0.25, 0.3) is 0 Å². The first-order valence-corrected chi connectivity index (χ1v) is 5.53. The summed E-state index contributed by atoms with van der Waals surface area (Å²) >= 11 is 5.93. The Labute approximate surface area is 100 Å². The lowest BCUT2D eigenvalue weighted by atomic mass is 9.96. The van der Waals surface area contributed by atoms with E-state index in [9.17, 15) is 0 Å². The van der Waals surface area contributed by atoms with Gasteiger partial charge in [0, 0.05) is 10.4 Å². The minimum atomic E-state index is -0.0379. The molecule has 4 heteroatoms. The third-order valence-electron chi connectivity index (χ3n) is 2.24. The lowest BCUT2D eigenvalue weighted by molar-refractivity contribution is 0.543. The average Bonchev–Trinajstić information content (AvgIpc) is 2.65. The van der Waals surface area contributed by atoms with Gasteiger partial charge in [0.2, 0.25) is 0 Å². The highest BCUT2D eigenvalue weighted by Crippen LogP contribution is 2.19. The Bertz CT molecular complexity index is 497. The maximum atomic E-state index is 5.93. The van der Waals surface area contributed by atoms with Crippen LogP contribution in [0.25, 0.3) is 5.69 Å². The van der Waals surface area contributed by atoms with Gasteiger partial charge in [0.15, 0.2) is 5.82 Å². The minimum absolute atomic E-state index is 0.0379. The van der Waals surface area contributed by atoms with Crippen LogP contribution in [-0.4, -0.2) is 14.8 Å². The molecule has 0 aliphatic rings. The van der Waals surface area contributed by atoms with Gasteiger partial charge in [-0.3, -0.25) is 0 Å². The van der Waals surface area contributed by atoms with E-state index in [0.29, 0.717) is 5.02 Å². The van der Waals surface area contributed by atoms with Crippen LogP contribution in [0.1, 0.15) is 26.6 Å². The molecule has 0 amide bonds. The molecule has 1 aromatic carbocycles. The number of hydrogen-bond donors (Lipinski definition) is 0. The van der Waals surface area contributed by atoms with E-state index in [1.54, 1.807) is 11.0 Å². The van der Waals surface area contributed by atoms with Crippen molar-refractivity contribution in [3.05, 3.63) is 41.4 Å². The zero-order chi connectivity index (χ0) is 11.8. The molecule has 0 aliphatic carbocycles. The molecule has 0 unspecified atom stereocenters. The molecule has 0 N–H and O–H groups in total. The fourth-order valence-corrected chi connectivity index (χ4v) is 1.53. The molecule has 16 heavy (non-hydrogen) atoms. The van der Waals surface area contributed by atoms with Crippen molar-refractivity contribution in [2.75, 3.05) is 0 Å². The molecule has 0 spiro atoms. The fraction of sp³-hybridized carbons (Fsp3) is 0.333. The van der Waals surface area contributed by atoms with Crippen molar-refractivity contribution in [2.24, 2.45) is 0 Å². The molecule has 2 rings (SSSR count). The second-order valence-corrected chi connectivity index (χ2v) is 5.18. The fourth-order valence-electron chi connectivity index (χ4n) is 1.35. The zero-order valence-corrected chi connectivity index (χ0v) is 10.4. The number of benzene rings is 1. The summed E-state index contributed by atoms with van der Waals surface area (Å²) in [5.74, 6) is 0.826. The first-order valence-electron chi connectivity index (χ1n) is 5.15. The molecule has 3 nitrogen and oxygen atoms in total. The summed E-state index contributed by atoms with van der Waals surface area (Å²) in [6.07, 6.45) is 1.71. The topological polar surface area (TPSA) is 30.7 Å². The number of rotatable bonds is 1. The van der Waals surface area contributed by atoms with Crippen LogP contribution in [-0.2, 0) is 5.41 Å². The van der Waals surface area contributed by atoms with E-state index >= 15 is 0 Å². The van der Waals surface area contributed by atoms with Gasteiger partial charge in [-0.2, -0.15) is 5.10 Å². The molecule has 84 valence electrons. The lowest BCUT2D eigenvalue weighted by Crippen LogP contribution is -2.14. The van der Waals surface area contributed by atoms with E-state index in [0.717, 1.165) is 11.5 Å². The van der Waals surface area contributed by atoms with Gasteiger partial charge in [-0.25, -0.2) is 9.67 Å². The molecular formula is C12H14ClN3. The van der Waals surface area contributed by atoms with Gasteiger partial charge in [-0.1, -0.05) is 38.4 Å². The monoisotopic (exact) mass is 235 g/mol. The van der Waals surface area contributed by atoms with Crippen LogP contribution in [0, 0.1) is 0 Å². The summed E-state index contributed by atoms with van der Waals surface area (Å²) in [5.41, 5.74) is 0.889. The highest BCUT2D eigenvalue weighted by molar-refractivity contribution is 6.30. The van der Waals surface area contributed by atoms with Crippen LogP contribution < -0.4 is 0 Å². The van der Waals surface area contributed by atoms with Crippen molar-refractivity contribution in [1.82, 2.24) is 14.8 Å². The Morgan fingerprint density at radius 3 is 2.56 bits per heavy atom. The van der Waals surface area contributed by atoms with E-state index in [1.807, 2.05) is 24.3 Å². The smallest absolute Gasteiger partial charge is 0.156 e. The van der Waals surface area contributed by atoms with E-state index in [4.69, 9.17) is 11.6 Å². The van der Waals surface area contributed by atoms with Gasteiger partial charge in [-0.15, -0.1) is 0 Å². The van der Waals surface area contributed by atoms with Crippen LogP contribution in [0.2, 0.25) is 5.02 Å². The predicted molar refractivity (Wildman–Crippen MR) is 65.1 cm³/mol. The van der Waals surface area contributed by atoms with Crippen molar-refractivity contribution >= 4 is 11.6 Å². The van der Waals surface area contributed by atoms with Gasteiger partial charge in [0.05, 0.1) is 5.69 Å². The van der Waals surface area contributed by atoms with Gasteiger partial charge < -0.3 is 0 Å². The summed E-state index contributed by atoms with van der Waals surface area (Å²) in [7, 11) is 0. The quantitative estimate of drug-likeness (QED) is 0.760. The third-order valence-corrected chi connectivity index (χ3v) is 2.47. The standard InChI is InChI=1S/C12H14ClN3/c1-12(2,3)11-14-8-16(15-11)10-6-4-5-9(13)7-10/h4-8H,1-3H3. The maximum Gasteiger partial charge on any atom is 0.156 e. The number of hydrogen-bond acceptors (Lipinski definition) is 2. The lowest BCUT2D eigenvalue weighted by Gasteiger charge is -2.12. The van der Waals surface area contributed by atoms with Crippen molar-refractivity contribution < 1.29 is 0 Å². The van der Waals surface area contributed by atoms with Crippen LogP contribution in [0.15, 0.2) is 30.6 Å². The molecule has 1 heterocycles. The predicted octanol–water partition coefficient (Wildman–Crippen LogP) is 3.22. The number of nitrogens with zero attached hydrogens (tertiary/aromatic N) is 3. The minimum Gasteiger partial charge on any atom is -0.221 e. The normalized spacial score (nSPS) is 11.8. The zero-order valence-electron chi connectivity index (χ0n) is 9.61. The van der Waals surface area contributed by atoms with Crippen LogP contribution >= 0.6 is 11.6 Å². The molecular weight excluding hydrogens is 222 g/mol. The summed E-state index contributed by atoms with van der Waals surface area (Å²) in [4.78, 5) is 4.30. The second-order valence-electron chi connectivity index (χ2n) is 4.74. The Morgan fingerprint density at radius 1 is 1.25 bits per heavy atom. The van der Waals surface area contributed by atoms with Crippen molar-refractivity contribution in [2.45, 2.75) is 26.2 Å². The molecule has 0 saturated heterocycles. The van der Waals surface area contributed by atoms with Crippen LogP contribution in [0.4, 0.5) is 0 Å². The largest absolute Gasteiger partial charge is 0.221 e. The van der Waals surface area contributed by atoms with Crippen LogP contribution in [0.3, 0.4) is 0 Å². The SMILES string of the molecule is CC(C)(C)c1ncn(-c2cccc(Cl)c2)n1. The first kappa shape index (κ1) is 11.1. The Morgan fingerprint density at radius 2 is 2.00 bits per heavy atom. The van der Waals surface area contributed by atoms with Crippen molar-refractivity contribution in [3.8, 4) is 5.69 Å². The Balaban J connectivity index is 2.39. The highest BCUT2D eigenvalue weighted by Gasteiger charge is 2.18. The molecule has 0 fully saturated rings. The molecule has 0 atom stereocenters. The average molecular weight is 236 g/mol. The second kappa shape index (κ2) is 3.91. The number of aromatic nitrogens is 3. The summed E-state index contributed by atoms with van der Waals surface area (Å²) in [6, 6.07) is 7.55.